The Morgan fingerprint density at radius 2 is 2.04 bits per heavy atom. The normalized spacial score (nSPS) is 18.1. The number of aliphatic carboxylic acids is 1. The maximum atomic E-state index is 13.5. The van der Waals surface area contributed by atoms with Crippen LogP contribution in [0.2, 0.25) is 0 Å². The Bertz CT molecular complexity index is 844. The quantitative estimate of drug-likeness (QED) is 0.792. The van der Waals surface area contributed by atoms with Crippen molar-refractivity contribution in [2.45, 2.75) is 23.2 Å². The van der Waals surface area contributed by atoms with Gasteiger partial charge in [0.05, 0.1) is 18.7 Å². The van der Waals surface area contributed by atoms with Crippen LogP contribution in [0.3, 0.4) is 0 Å². The standard InChI is InChI=1S/C20H20FNO4S/c1-13(20(24)25)27-18-8-3-2-7-16(18)19(23)22-9-10-26-17(12-22)14-5-4-6-15(21)11-14/h2-8,11,13,17H,9-10,12H2,1H3,(H,24,25). The minimum Gasteiger partial charge on any atom is -0.480 e. The zero-order chi connectivity index (χ0) is 19.4. The molecular formula is C20H20FNO4S. The summed E-state index contributed by atoms with van der Waals surface area (Å²) in [4.78, 5) is 26.5. The molecule has 0 bridgehead atoms. The Balaban J connectivity index is 1.78. The number of carboxylic acids is 1. The van der Waals surface area contributed by atoms with Gasteiger partial charge in [-0.2, -0.15) is 0 Å². The second kappa shape index (κ2) is 8.54. The largest absolute Gasteiger partial charge is 0.480 e. The van der Waals surface area contributed by atoms with Gasteiger partial charge in [0, 0.05) is 11.4 Å². The fourth-order valence-corrected chi connectivity index (χ4v) is 3.82. The molecule has 2 atom stereocenters. The molecule has 1 fully saturated rings. The van der Waals surface area contributed by atoms with Crippen LogP contribution in [0.15, 0.2) is 53.4 Å². The average molecular weight is 389 g/mol. The number of carboxylic acid groups (broad SMARTS) is 1. The third-order valence-electron chi connectivity index (χ3n) is 4.34. The predicted molar refractivity (Wildman–Crippen MR) is 100 cm³/mol. The molecule has 1 amide bonds. The van der Waals surface area contributed by atoms with Crippen molar-refractivity contribution in [3.8, 4) is 0 Å². The first-order chi connectivity index (χ1) is 13.0. The molecule has 0 aromatic heterocycles. The maximum Gasteiger partial charge on any atom is 0.316 e. The van der Waals surface area contributed by atoms with Gasteiger partial charge in [-0.25, -0.2) is 4.39 Å². The van der Waals surface area contributed by atoms with E-state index in [-0.39, 0.29) is 11.7 Å². The van der Waals surface area contributed by atoms with Gasteiger partial charge in [-0.05, 0) is 36.8 Å². The molecule has 0 radical (unpaired) electrons. The molecule has 1 aliphatic rings. The van der Waals surface area contributed by atoms with Crippen molar-refractivity contribution >= 4 is 23.6 Å². The lowest BCUT2D eigenvalue weighted by Crippen LogP contribution is -2.42. The SMILES string of the molecule is CC(Sc1ccccc1C(=O)N1CCOC(c2cccc(F)c2)C1)C(=O)O. The van der Waals surface area contributed by atoms with E-state index in [9.17, 15) is 14.0 Å². The van der Waals surface area contributed by atoms with Gasteiger partial charge in [0.15, 0.2) is 0 Å². The second-order valence-corrected chi connectivity index (χ2v) is 7.64. The highest BCUT2D eigenvalue weighted by Crippen LogP contribution is 2.30. The number of rotatable bonds is 5. The van der Waals surface area contributed by atoms with Gasteiger partial charge in [0.1, 0.15) is 17.2 Å². The molecule has 142 valence electrons. The Labute approximate surface area is 161 Å². The van der Waals surface area contributed by atoms with Crippen molar-refractivity contribution in [3.05, 3.63) is 65.5 Å². The zero-order valence-corrected chi connectivity index (χ0v) is 15.6. The van der Waals surface area contributed by atoms with Gasteiger partial charge in [0.2, 0.25) is 0 Å². The van der Waals surface area contributed by atoms with E-state index in [0.29, 0.717) is 35.7 Å². The average Bonchev–Trinajstić information content (AvgIpc) is 2.68. The minimum absolute atomic E-state index is 0.180. The summed E-state index contributed by atoms with van der Waals surface area (Å²) in [5, 5.41) is 8.48. The maximum absolute atomic E-state index is 13.5. The molecule has 0 aliphatic carbocycles. The highest BCUT2D eigenvalue weighted by molar-refractivity contribution is 8.00. The molecule has 27 heavy (non-hydrogen) atoms. The first-order valence-corrected chi connectivity index (χ1v) is 9.48. The van der Waals surface area contributed by atoms with Crippen LogP contribution in [0.4, 0.5) is 4.39 Å². The van der Waals surface area contributed by atoms with Crippen molar-refractivity contribution in [2.75, 3.05) is 19.7 Å². The molecule has 3 rings (SSSR count). The number of halogens is 1. The van der Waals surface area contributed by atoms with Gasteiger partial charge < -0.3 is 14.7 Å². The Kier molecular flexibility index (Phi) is 6.13. The summed E-state index contributed by atoms with van der Waals surface area (Å²) in [5.41, 5.74) is 1.16. The van der Waals surface area contributed by atoms with E-state index in [1.807, 2.05) is 0 Å². The highest BCUT2D eigenvalue weighted by Gasteiger charge is 2.28. The van der Waals surface area contributed by atoms with Gasteiger partial charge >= 0.3 is 5.97 Å². The van der Waals surface area contributed by atoms with Crippen LogP contribution in [0, 0.1) is 5.82 Å². The summed E-state index contributed by atoms with van der Waals surface area (Å²) >= 11 is 1.14. The molecule has 2 unspecified atom stereocenters. The van der Waals surface area contributed by atoms with Crippen LogP contribution in [0.25, 0.3) is 0 Å². The zero-order valence-electron chi connectivity index (χ0n) is 14.8. The van der Waals surface area contributed by atoms with E-state index in [4.69, 9.17) is 9.84 Å². The van der Waals surface area contributed by atoms with Crippen molar-refractivity contribution in [2.24, 2.45) is 0 Å². The van der Waals surface area contributed by atoms with Gasteiger partial charge in [-0.1, -0.05) is 24.3 Å². The summed E-state index contributed by atoms with van der Waals surface area (Å²) < 4.78 is 19.2. The van der Waals surface area contributed by atoms with Crippen LogP contribution in [0.1, 0.15) is 28.9 Å². The topological polar surface area (TPSA) is 66.8 Å². The molecule has 0 saturated carbocycles. The van der Waals surface area contributed by atoms with Gasteiger partial charge in [-0.15, -0.1) is 11.8 Å². The van der Waals surface area contributed by atoms with E-state index in [1.54, 1.807) is 48.2 Å². The molecule has 2 aromatic carbocycles. The van der Waals surface area contributed by atoms with E-state index < -0.39 is 17.3 Å². The van der Waals surface area contributed by atoms with Crippen LogP contribution in [-0.4, -0.2) is 46.8 Å². The summed E-state index contributed by atoms with van der Waals surface area (Å²) in [6.45, 7) is 2.69. The summed E-state index contributed by atoms with van der Waals surface area (Å²) in [7, 11) is 0. The van der Waals surface area contributed by atoms with Crippen molar-refractivity contribution in [3.63, 3.8) is 0 Å². The van der Waals surface area contributed by atoms with Crippen LogP contribution in [0.5, 0.6) is 0 Å². The number of amides is 1. The number of benzene rings is 2. The summed E-state index contributed by atoms with van der Waals surface area (Å²) in [6.07, 6.45) is -0.392. The van der Waals surface area contributed by atoms with Gasteiger partial charge in [0.25, 0.3) is 5.91 Å². The van der Waals surface area contributed by atoms with E-state index in [0.717, 1.165) is 11.8 Å². The monoisotopic (exact) mass is 389 g/mol. The van der Waals surface area contributed by atoms with Crippen LogP contribution < -0.4 is 0 Å². The lowest BCUT2D eigenvalue weighted by molar-refractivity contribution is -0.136. The Morgan fingerprint density at radius 1 is 1.26 bits per heavy atom. The molecule has 1 saturated heterocycles. The summed E-state index contributed by atoms with van der Waals surface area (Å²) in [6, 6.07) is 13.2. The molecule has 0 spiro atoms. The van der Waals surface area contributed by atoms with E-state index >= 15 is 0 Å². The number of nitrogens with zero attached hydrogens (tertiary/aromatic N) is 1. The number of hydrogen-bond donors (Lipinski definition) is 1. The Hall–Kier alpha value is -2.38. The molecule has 1 heterocycles. The lowest BCUT2D eigenvalue weighted by atomic mass is 10.1. The first kappa shape index (κ1) is 19.4. The third-order valence-corrected chi connectivity index (χ3v) is 5.51. The molecule has 1 aliphatic heterocycles. The molecule has 7 heteroatoms. The number of carbonyl (C=O) groups excluding carboxylic acids is 1. The fraction of sp³-hybridized carbons (Fsp3) is 0.300. The van der Waals surface area contributed by atoms with E-state index in [2.05, 4.69) is 0 Å². The number of ether oxygens (including phenoxy) is 1. The smallest absolute Gasteiger partial charge is 0.316 e. The minimum atomic E-state index is -0.931. The number of morpholine rings is 1. The molecular weight excluding hydrogens is 369 g/mol. The predicted octanol–water partition coefficient (Wildman–Crippen LogP) is 3.60. The third kappa shape index (κ3) is 4.67. The molecule has 2 aromatic rings. The lowest BCUT2D eigenvalue weighted by Gasteiger charge is -2.33. The fourth-order valence-electron chi connectivity index (χ4n) is 2.90. The Morgan fingerprint density at radius 3 is 2.78 bits per heavy atom. The van der Waals surface area contributed by atoms with Crippen molar-refractivity contribution in [1.29, 1.82) is 0 Å². The van der Waals surface area contributed by atoms with Crippen molar-refractivity contribution < 1.29 is 23.8 Å². The number of carbonyl (C=O) groups is 2. The van der Waals surface area contributed by atoms with Gasteiger partial charge in [-0.3, -0.25) is 9.59 Å². The second-order valence-electron chi connectivity index (χ2n) is 6.26. The highest BCUT2D eigenvalue weighted by atomic mass is 32.2. The van der Waals surface area contributed by atoms with Crippen LogP contribution in [-0.2, 0) is 9.53 Å². The van der Waals surface area contributed by atoms with Crippen molar-refractivity contribution in [1.82, 2.24) is 4.90 Å². The number of thioether (sulfide) groups is 1. The van der Waals surface area contributed by atoms with E-state index in [1.165, 1.54) is 12.1 Å². The molecule has 5 nitrogen and oxygen atoms in total. The first-order valence-electron chi connectivity index (χ1n) is 8.60. The number of hydrogen-bond acceptors (Lipinski definition) is 4. The van der Waals surface area contributed by atoms with Crippen LogP contribution >= 0.6 is 11.8 Å². The summed E-state index contributed by atoms with van der Waals surface area (Å²) in [5.74, 6) is -1.45. The molecule has 1 N–H and O–H groups in total.